The minimum atomic E-state index is 0.117. The highest BCUT2D eigenvalue weighted by Crippen LogP contribution is 2.53. The molecule has 0 unspecified atom stereocenters. The van der Waals surface area contributed by atoms with Crippen molar-refractivity contribution in [3.8, 4) is 22.8 Å². The topological polar surface area (TPSA) is 22.3 Å². The molecule has 0 amide bonds. The second-order valence-corrected chi connectivity index (χ2v) is 14.4. The largest absolute Gasteiger partial charge is 0.455 e. The Morgan fingerprint density at radius 1 is 0.929 bits per heavy atom. The molecule has 4 aromatic carbocycles. The van der Waals surface area contributed by atoms with E-state index in [0.717, 1.165) is 50.4 Å². The molecule has 0 N–H and O–H groups in total. The van der Waals surface area contributed by atoms with Crippen molar-refractivity contribution >= 4 is 32.3 Å². The smallest absolute Gasteiger partial charge is 0.228 e. The Morgan fingerprint density at radius 3 is 2.45 bits per heavy atom. The van der Waals surface area contributed by atoms with Crippen LogP contribution < -0.4 is 9.30 Å². The highest BCUT2D eigenvalue weighted by molar-refractivity contribution is 6.17. The molecular weight excluding hydrogens is 514 g/mol. The minimum Gasteiger partial charge on any atom is -0.455 e. The Hall–Kier alpha value is -3.43. The van der Waals surface area contributed by atoms with E-state index in [1.54, 1.807) is 0 Å². The van der Waals surface area contributed by atoms with E-state index >= 15 is 0 Å². The van der Waals surface area contributed by atoms with Gasteiger partial charge in [-0.2, -0.15) is 0 Å². The van der Waals surface area contributed by atoms with E-state index < -0.39 is 0 Å². The van der Waals surface area contributed by atoms with Crippen molar-refractivity contribution in [2.24, 2.45) is 18.4 Å². The number of fused-ring (bicyclic) bond motifs is 5. The van der Waals surface area contributed by atoms with Crippen LogP contribution in [-0.4, -0.2) is 13.2 Å². The van der Waals surface area contributed by atoms with Gasteiger partial charge in [0.05, 0.1) is 10.9 Å². The van der Waals surface area contributed by atoms with E-state index in [1.165, 1.54) is 65.8 Å². The molecule has 2 aliphatic heterocycles. The number of hydrogen-bond acceptors (Lipinski definition) is 2. The molecular formula is C39H44NO2+. The van der Waals surface area contributed by atoms with Crippen molar-refractivity contribution in [3.63, 3.8) is 0 Å². The lowest BCUT2D eigenvalue weighted by Crippen LogP contribution is -2.32. The SMILES string of the molecule is Cc1c2c(c(CC(C)(C)C)c3ccc(CC(C)C)cc13)Oc1cc3cccc(C4CCOCC4)c3c3cc[n+](C)c-2c13. The molecule has 1 saturated heterocycles. The molecule has 1 aromatic heterocycles. The third-order valence-corrected chi connectivity index (χ3v) is 9.41. The molecule has 0 radical (unpaired) electrons. The predicted molar refractivity (Wildman–Crippen MR) is 175 cm³/mol. The summed E-state index contributed by atoms with van der Waals surface area (Å²) in [7, 11) is 2.20. The lowest BCUT2D eigenvalue weighted by atomic mass is 9.80. The number of benzene rings is 4. The van der Waals surface area contributed by atoms with Gasteiger partial charge in [-0.05, 0) is 94.2 Å². The third kappa shape index (κ3) is 4.48. The molecule has 3 heterocycles. The molecule has 0 saturated carbocycles. The fourth-order valence-corrected chi connectivity index (χ4v) is 7.62. The van der Waals surface area contributed by atoms with Crippen LogP contribution in [0.4, 0.5) is 0 Å². The van der Waals surface area contributed by atoms with Gasteiger partial charge >= 0.3 is 0 Å². The summed E-state index contributed by atoms with van der Waals surface area (Å²) in [5.41, 5.74) is 8.15. The molecule has 0 atom stereocenters. The normalized spacial score (nSPS) is 15.5. The summed E-state index contributed by atoms with van der Waals surface area (Å²) < 4.78 is 15.2. The zero-order valence-corrected chi connectivity index (χ0v) is 26.4. The quantitative estimate of drug-likeness (QED) is 0.159. The first-order valence-corrected chi connectivity index (χ1v) is 15.8. The van der Waals surface area contributed by atoms with Crippen molar-refractivity contribution in [2.75, 3.05) is 13.2 Å². The number of nitrogens with zero attached hydrogens (tertiary/aromatic N) is 1. The molecule has 3 nitrogen and oxygen atoms in total. The van der Waals surface area contributed by atoms with Crippen molar-refractivity contribution in [1.82, 2.24) is 0 Å². The lowest BCUT2D eigenvalue weighted by molar-refractivity contribution is -0.659. The number of rotatable bonds is 4. The van der Waals surface area contributed by atoms with Gasteiger partial charge in [0.15, 0.2) is 6.20 Å². The standard InChI is InChI=1S/C39H44NO2/c1-23(2)19-25-11-12-29-31(20-25)24(3)34-37-36-30(13-16-40(37)7)35-27(9-8-10-28(35)26-14-17-41-18-15-26)21-33(36)42-38(34)32(29)22-39(4,5)6/h8-13,16,20-21,23,26H,14-15,17-19,22H2,1-7H3/q+1. The second-order valence-electron chi connectivity index (χ2n) is 14.4. The predicted octanol–water partition coefficient (Wildman–Crippen LogP) is 9.73. The van der Waals surface area contributed by atoms with Gasteiger partial charge in [-0.1, -0.05) is 71.0 Å². The van der Waals surface area contributed by atoms with E-state index in [9.17, 15) is 0 Å². The molecule has 2 aliphatic rings. The Kier molecular flexibility index (Phi) is 6.58. The average molecular weight is 559 g/mol. The summed E-state index contributed by atoms with van der Waals surface area (Å²) in [6, 6.07) is 18.6. The van der Waals surface area contributed by atoms with Gasteiger partial charge in [0.1, 0.15) is 18.5 Å². The van der Waals surface area contributed by atoms with Gasteiger partial charge < -0.3 is 9.47 Å². The van der Waals surface area contributed by atoms with E-state index in [2.05, 4.69) is 108 Å². The van der Waals surface area contributed by atoms with Crippen LogP contribution >= 0.6 is 0 Å². The van der Waals surface area contributed by atoms with Crippen LogP contribution in [0.2, 0.25) is 0 Å². The monoisotopic (exact) mass is 558 g/mol. The molecule has 3 heteroatoms. The average Bonchev–Trinajstić information content (AvgIpc) is 2.95. The van der Waals surface area contributed by atoms with Crippen LogP contribution in [0.15, 0.2) is 54.7 Å². The van der Waals surface area contributed by atoms with Gasteiger partial charge in [0.25, 0.3) is 0 Å². The second kappa shape index (κ2) is 10.1. The first-order chi connectivity index (χ1) is 20.1. The van der Waals surface area contributed by atoms with E-state index in [0.29, 0.717) is 11.8 Å². The summed E-state index contributed by atoms with van der Waals surface area (Å²) in [6.07, 6.45) is 6.46. The van der Waals surface area contributed by atoms with Crippen molar-refractivity contribution in [2.45, 2.75) is 73.1 Å². The minimum absolute atomic E-state index is 0.117. The highest BCUT2D eigenvalue weighted by atomic mass is 16.5. The van der Waals surface area contributed by atoms with Crippen LogP contribution in [-0.2, 0) is 24.6 Å². The molecule has 42 heavy (non-hydrogen) atoms. The molecule has 0 aliphatic carbocycles. The number of aryl methyl sites for hydroxylation is 2. The summed E-state index contributed by atoms with van der Waals surface area (Å²) in [4.78, 5) is 0. The number of aromatic nitrogens is 1. The third-order valence-electron chi connectivity index (χ3n) is 9.41. The van der Waals surface area contributed by atoms with Crippen molar-refractivity contribution < 1.29 is 14.0 Å². The van der Waals surface area contributed by atoms with E-state index in [1.807, 2.05) is 0 Å². The summed E-state index contributed by atoms with van der Waals surface area (Å²) in [5.74, 6) is 3.16. The fourth-order valence-electron chi connectivity index (χ4n) is 7.62. The van der Waals surface area contributed by atoms with Gasteiger partial charge in [-0.15, -0.1) is 0 Å². The summed E-state index contributed by atoms with van der Waals surface area (Å²) >= 11 is 0. The zero-order chi connectivity index (χ0) is 29.3. The highest BCUT2D eigenvalue weighted by Gasteiger charge is 2.35. The number of pyridine rings is 1. The number of ether oxygens (including phenoxy) is 2. The molecule has 0 spiro atoms. The first kappa shape index (κ1) is 27.4. The molecule has 216 valence electrons. The maximum Gasteiger partial charge on any atom is 0.228 e. The Morgan fingerprint density at radius 2 is 1.71 bits per heavy atom. The Bertz CT molecular complexity index is 1870. The van der Waals surface area contributed by atoms with Gasteiger partial charge in [0, 0.05) is 30.2 Å². The van der Waals surface area contributed by atoms with Crippen LogP contribution in [0.5, 0.6) is 11.5 Å². The molecule has 5 aromatic rings. The van der Waals surface area contributed by atoms with Crippen LogP contribution in [0.1, 0.15) is 75.6 Å². The van der Waals surface area contributed by atoms with E-state index in [4.69, 9.17) is 9.47 Å². The van der Waals surface area contributed by atoms with Crippen molar-refractivity contribution in [1.29, 1.82) is 0 Å². The van der Waals surface area contributed by atoms with Crippen LogP contribution in [0.25, 0.3) is 43.6 Å². The molecule has 7 rings (SSSR count). The van der Waals surface area contributed by atoms with Gasteiger partial charge in [-0.3, -0.25) is 0 Å². The van der Waals surface area contributed by atoms with E-state index in [-0.39, 0.29) is 5.41 Å². The zero-order valence-electron chi connectivity index (χ0n) is 26.4. The molecule has 1 fully saturated rings. The molecule has 0 bridgehead atoms. The van der Waals surface area contributed by atoms with Crippen molar-refractivity contribution in [3.05, 3.63) is 77.0 Å². The van der Waals surface area contributed by atoms with Gasteiger partial charge in [-0.25, -0.2) is 4.57 Å². The summed E-state index contributed by atoms with van der Waals surface area (Å²) in [6.45, 7) is 15.6. The Labute approximate surface area is 250 Å². The fraction of sp³-hybridized carbons (Fsp3) is 0.410. The maximum atomic E-state index is 7.13. The van der Waals surface area contributed by atoms with Gasteiger partial charge in [0.2, 0.25) is 5.69 Å². The van der Waals surface area contributed by atoms with Crippen LogP contribution in [0, 0.1) is 18.3 Å². The van der Waals surface area contributed by atoms with Crippen LogP contribution in [0.3, 0.4) is 0 Å². The summed E-state index contributed by atoms with van der Waals surface area (Å²) in [5, 5.41) is 7.87. The Balaban J connectivity index is 1.57. The lowest BCUT2D eigenvalue weighted by Gasteiger charge is -2.29. The maximum absolute atomic E-state index is 7.13. The first-order valence-electron chi connectivity index (χ1n) is 15.8. The number of hydrogen-bond donors (Lipinski definition) is 0.